The third-order valence-electron chi connectivity index (χ3n) is 4.25. The molecule has 4 aromatic carbocycles. The van der Waals surface area contributed by atoms with Gasteiger partial charge < -0.3 is 9.47 Å². The summed E-state index contributed by atoms with van der Waals surface area (Å²) in [7, 11) is 0. The minimum atomic E-state index is -0.417. The molecule has 0 amide bonds. The SMILES string of the molecule is Fc1cc(-c2[c]cccc2)ccc1Oc1ccc(OCc2ccccc2)cc1. The first-order valence-corrected chi connectivity index (χ1v) is 8.99. The Morgan fingerprint density at radius 1 is 0.750 bits per heavy atom. The molecule has 0 heterocycles. The largest absolute Gasteiger partial charge is 0.489 e. The first-order valence-electron chi connectivity index (χ1n) is 8.99. The van der Waals surface area contributed by atoms with Crippen molar-refractivity contribution in [3.63, 3.8) is 0 Å². The van der Waals surface area contributed by atoms with Gasteiger partial charge in [-0.3, -0.25) is 0 Å². The monoisotopic (exact) mass is 369 g/mol. The molecule has 0 aromatic heterocycles. The van der Waals surface area contributed by atoms with Gasteiger partial charge >= 0.3 is 0 Å². The van der Waals surface area contributed by atoms with E-state index in [9.17, 15) is 4.39 Å². The summed E-state index contributed by atoms with van der Waals surface area (Å²) in [6.45, 7) is 0.494. The Morgan fingerprint density at radius 3 is 2.21 bits per heavy atom. The van der Waals surface area contributed by atoms with Crippen LogP contribution in [0.15, 0.2) is 97.1 Å². The summed E-state index contributed by atoms with van der Waals surface area (Å²) in [5, 5.41) is 0. The van der Waals surface area contributed by atoms with Gasteiger partial charge in [-0.1, -0.05) is 60.7 Å². The number of halogens is 1. The Morgan fingerprint density at radius 2 is 1.50 bits per heavy atom. The minimum Gasteiger partial charge on any atom is -0.489 e. The van der Waals surface area contributed by atoms with Gasteiger partial charge in [-0.15, -0.1) is 0 Å². The molecule has 1 radical (unpaired) electrons. The summed E-state index contributed by atoms with van der Waals surface area (Å²) in [6.07, 6.45) is 0. The number of benzene rings is 4. The van der Waals surface area contributed by atoms with Gasteiger partial charge in [-0.05, 0) is 59.2 Å². The fraction of sp³-hybridized carbons (Fsp3) is 0.0400. The minimum absolute atomic E-state index is 0.178. The highest BCUT2D eigenvalue weighted by atomic mass is 19.1. The van der Waals surface area contributed by atoms with Gasteiger partial charge in [0.1, 0.15) is 18.1 Å². The molecular weight excluding hydrogens is 351 g/mol. The summed E-state index contributed by atoms with van der Waals surface area (Å²) >= 11 is 0. The van der Waals surface area contributed by atoms with Crippen LogP contribution in [0.2, 0.25) is 0 Å². The quantitative estimate of drug-likeness (QED) is 0.378. The van der Waals surface area contributed by atoms with Crippen molar-refractivity contribution >= 4 is 0 Å². The van der Waals surface area contributed by atoms with Gasteiger partial charge in [0, 0.05) is 0 Å². The zero-order valence-electron chi connectivity index (χ0n) is 15.1. The Bertz CT molecular complexity index is 1030. The van der Waals surface area contributed by atoms with Gasteiger partial charge in [-0.2, -0.15) is 0 Å². The maximum absolute atomic E-state index is 14.4. The van der Waals surface area contributed by atoms with Crippen molar-refractivity contribution in [1.82, 2.24) is 0 Å². The number of hydrogen-bond donors (Lipinski definition) is 0. The third-order valence-corrected chi connectivity index (χ3v) is 4.25. The molecule has 2 nitrogen and oxygen atoms in total. The van der Waals surface area contributed by atoms with E-state index in [0.29, 0.717) is 12.4 Å². The van der Waals surface area contributed by atoms with E-state index in [4.69, 9.17) is 9.47 Å². The van der Waals surface area contributed by atoms with Crippen molar-refractivity contribution in [2.24, 2.45) is 0 Å². The zero-order chi connectivity index (χ0) is 19.2. The second-order valence-corrected chi connectivity index (χ2v) is 6.27. The summed E-state index contributed by atoms with van der Waals surface area (Å²) in [5.74, 6) is 1.04. The first-order chi connectivity index (χ1) is 13.8. The second-order valence-electron chi connectivity index (χ2n) is 6.27. The highest BCUT2D eigenvalue weighted by molar-refractivity contribution is 5.63. The molecule has 4 aromatic rings. The molecule has 0 aliphatic carbocycles. The third kappa shape index (κ3) is 4.38. The van der Waals surface area contributed by atoms with Gasteiger partial charge in [0.2, 0.25) is 0 Å². The molecule has 4 rings (SSSR count). The van der Waals surface area contributed by atoms with Crippen molar-refractivity contribution in [2.45, 2.75) is 6.61 Å². The summed E-state index contributed by atoms with van der Waals surface area (Å²) < 4.78 is 25.9. The lowest BCUT2D eigenvalue weighted by molar-refractivity contribution is 0.305. The molecule has 28 heavy (non-hydrogen) atoms. The van der Waals surface area contributed by atoms with E-state index in [1.807, 2.05) is 66.7 Å². The summed E-state index contributed by atoms with van der Waals surface area (Å²) in [6, 6.07) is 32.6. The average molecular weight is 369 g/mol. The highest BCUT2D eigenvalue weighted by Crippen LogP contribution is 2.29. The van der Waals surface area contributed by atoms with Crippen LogP contribution in [0.25, 0.3) is 11.1 Å². The lowest BCUT2D eigenvalue weighted by Gasteiger charge is -2.10. The Labute approximate surface area is 163 Å². The van der Waals surface area contributed by atoms with E-state index in [1.165, 1.54) is 6.07 Å². The summed E-state index contributed by atoms with van der Waals surface area (Å²) in [4.78, 5) is 0. The number of rotatable bonds is 6. The van der Waals surface area contributed by atoms with E-state index in [1.54, 1.807) is 24.3 Å². The molecule has 3 heteroatoms. The van der Waals surface area contributed by atoms with Crippen LogP contribution in [0, 0.1) is 11.9 Å². The summed E-state index contributed by atoms with van der Waals surface area (Å²) in [5.41, 5.74) is 2.70. The van der Waals surface area contributed by atoms with E-state index in [-0.39, 0.29) is 5.75 Å². The van der Waals surface area contributed by atoms with Crippen LogP contribution >= 0.6 is 0 Å². The fourth-order valence-corrected chi connectivity index (χ4v) is 2.80. The molecule has 0 N–H and O–H groups in total. The fourth-order valence-electron chi connectivity index (χ4n) is 2.80. The van der Waals surface area contributed by atoms with E-state index in [0.717, 1.165) is 22.4 Å². The normalized spacial score (nSPS) is 10.5. The molecule has 0 saturated carbocycles. The van der Waals surface area contributed by atoms with Crippen LogP contribution in [0.1, 0.15) is 5.56 Å². The van der Waals surface area contributed by atoms with Crippen molar-refractivity contribution in [3.05, 3.63) is 115 Å². The zero-order valence-corrected chi connectivity index (χ0v) is 15.1. The highest BCUT2D eigenvalue weighted by Gasteiger charge is 2.08. The topological polar surface area (TPSA) is 18.5 Å². The van der Waals surface area contributed by atoms with Gasteiger partial charge in [0.15, 0.2) is 11.6 Å². The molecule has 0 saturated heterocycles. The maximum Gasteiger partial charge on any atom is 0.166 e. The van der Waals surface area contributed by atoms with Crippen LogP contribution in [-0.2, 0) is 6.61 Å². The van der Waals surface area contributed by atoms with E-state index < -0.39 is 5.82 Å². The Kier molecular flexibility index (Phi) is 5.34. The lowest BCUT2D eigenvalue weighted by atomic mass is 10.1. The molecule has 0 atom stereocenters. The molecule has 0 fully saturated rings. The number of ether oxygens (including phenoxy) is 2. The first kappa shape index (κ1) is 17.8. The smallest absolute Gasteiger partial charge is 0.166 e. The van der Waals surface area contributed by atoms with E-state index >= 15 is 0 Å². The Balaban J connectivity index is 1.41. The van der Waals surface area contributed by atoms with Crippen LogP contribution < -0.4 is 9.47 Å². The van der Waals surface area contributed by atoms with Crippen molar-refractivity contribution in [3.8, 4) is 28.4 Å². The van der Waals surface area contributed by atoms with Gasteiger partial charge in [0.25, 0.3) is 0 Å². The van der Waals surface area contributed by atoms with Crippen molar-refractivity contribution in [1.29, 1.82) is 0 Å². The molecule has 0 aliphatic rings. The van der Waals surface area contributed by atoms with Gasteiger partial charge in [-0.25, -0.2) is 4.39 Å². The second kappa shape index (κ2) is 8.40. The van der Waals surface area contributed by atoms with Crippen LogP contribution in [0.4, 0.5) is 4.39 Å². The average Bonchev–Trinajstić information content (AvgIpc) is 2.76. The van der Waals surface area contributed by atoms with Gasteiger partial charge in [0.05, 0.1) is 0 Å². The van der Waals surface area contributed by atoms with Crippen LogP contribution in [0.5, 0.6) is 17.2 Å². The molecule has 0 aliphatic heterocycles. The Hall–Kier alpha value is -3.59. The predicted molar refractivity (Wildman–Crippen MR) is 108 cm³/mol. The molecule has 0 bridgehead atoms. The van der Waals surface area contributed by atoms with Crippen molar-refractivity contribution < 1.29 is 13.9 Å². The molecular formula is C25H18FO2. The molecule has 0 unspecified atom stereocenters. The standard InChI is InChI=1S/C25H18FO2/c26-24-17-21(20-9-5-2-6-10-20)11-16-25(24)28-23-14-12-22(13-15-23)27-18-19-7-3-1-4-8-19/h1-9,11-17H,18H2. The predicted octanol–water partition coefficient (Wildman–Crippen LogP) is 6.66. The maximum atomic E-state index is 14.4. The lowest BCUT2D eigenvalue weighted by Crippen LogP contribution is -1.95. The molecule has 0 spiro atoms. The van der Waals surface area contributed by atoms with Crippen LogP contribution in [-0.4, -0.2) is 0 Å². The number of hydrogen-bond acceptors (Lipinski definition) is 2. The van der Waals surface area contributed by atoms with E-state index in [2.05, 4.69) is 6.07 Å². The van der Waals surface area contributed by atoms with Crippen LogP contribution in [0.3, 0.4) is 0 Å². The van der Waals surface area contributed by atoms with Crippen molar-refractivity contribution in [2.75, 3.05) is 0 Å². The molecule has 137 valence electrons.